The molecule has 0 amide bonds. The van der Waals surface area contributed by atoms with Crippen molar-refractivity contribution >= 4 is 17.9 Å². The molecule has 2 N–H and O–H groups in total. The van der Waals surface area contributed by atoms with E-state index in [4.69, 9.17) is 14.2 Å². The highest BCUT2D eigenvalue weighted by Crippen LogP contribution is 2.75. The van der Waals surface area contributed by atoms with Crippen molar-refractivity contribution in [2.45, 2.75) is 57.7 Å². The second-order valence-electron chi connectivity index (χ2n) is 7.89. The highest BCUT2D eigenvalue weighted by Gasteiger charge is 2.92. The summed E-state index contributed by atoms with van der Waals surface area (Å²) in [6.07, 6.45) is -4.58. The van der Waals surface area contributed by atoms with E-state index < -0.39 is 58.3 Å². The van der Waals surface area contributed by atoms with Crippen LogP contribution in [0.5, 0.6) is 0 Å². The van der Waals surface area contributed by atoms with Crippen molar-refractivity contribution in [2.24, 2.45) is 16.2 Å². The molecule has 4 aliphatic rings. The van der Waals surface area contributed by atoms with Crippen LogP contribution in [0.15, 0.2) is 0 Å². The van der Waals surface area contributed by atoms with E-state index in [2.05, 4.69) is 0 Å². The molecule has 8 heteroatoms. The number of aliphatic hydroxyl groups is 2. The zero-order valence-electron chi connectivity index (χ0n) is 13.0. The van der Waals surface area contributed by atoms with Crippen molar-refractivity contribution in [3.63, 3.8) is 0 Å². The van der Waals surface area contributed by atoms with Gasteiger partial charge in [0.05, 0.1) is 12.0 Å². The maximum atomic E-state index is 12.6. The number of carbonyl (C=O) groups is 3. The predicted molar refractivity (Wildman–Crippen MR) is 70.4 cm³/mol. The molecule has 0 bridgehead atoms. The minimum Gasteiger partial charge on any atom is -0.461 e. The Kier molecular flexibility index (Phi) is 2.39. The smallest absolute Gasteiger partial charge is 0.339 e. The molecule has 3 aliphatic heterocycles. The molecule has 3 unspecified atom stereocenters. The van der Waals surface area contributed by atoms with E-state index in [0.717, 1.165) is 0 Å². The number of rotatable bonds is 0. The van der Waals surface area contributed by atoms with Gasteiger partial charge in [-0.15, -0.1) is 0 Å². The molecule has 126 valence electrons. The van der Waals surface area contributed by atoms with Gasteiger partial charge < -0.3 is 24.4 Å². The maximum Gasteiger partial charge on any atom is 0.339 e. The highest BCUT2D eigenvalue weighted by atomic mass is 16.7. The summed E-state index contributed by atoms with van der Waals surface area (Å²) in [5.74, 6) is -2.36. The first kappa shape index (κ1) is 14.9. The van der Waals surface area contributed by atoms with Crippen molar-refractivity contribution in [1.82, 2.24) is 0 Å². The van der Waals surface area contributed by atoms with E-state index in [1.54, 1.807) is 20.8 Å². The summed E-state index contributed by atoms with van der Waals surface area (Å²) in [5, 5.41) is 22.2. The molecular formula is C15H18O8. The fourth-order valence-corrected chi connectivity index (χ4v) is 5.15. The number of esters is 3. The molecule has 6 atom stereocenters. The van der Waals surface area contributed by atoms with E-state index in [-0.39, 0.29) is 12.8 Å². The van der Waals surface area contributed by atoms with Gasteiger partial charge in [0.15, 0.2) is 6.10 Å². The third-order valence-corrected chi connectivity index (χ3v) is 6.22. The third kappa shape index (κ3) is 1.20. The third-order valence-electron chi connectivity index (χ3n) is 6.22. The van der Waals surface area contributed by atoms with Crippen molar-refractivity contribution in [2.75, 3.05) is 0 Å². The first-order chi connectivity index (χ1) is 10.5. The lowest BCUT2D eigenvalue weighted by Crippen LogP contribution is -2.65. The van der Waals surface area contributed by atoms with E-state index >= 15 is 0 Å². The largest absolute Gasteiger partial charge is 0.461 e. The fraction of sp³-hybridized carbons (Fsp3) is 0.800. The predicted octanol–water partition coefficient (Wildman–Crippen LogP) is -0.744. The van der Waals surface area contributed by atoms with Crippen LogP contribution < -0.4 is 0 Å². The quantitative estimate of drug-likeness (QED) is 0.558. The first-order valence-corrected chi connectivity index (χ1v) is 7.54. The van der Waals surface area contributed by atoms with Crippen LogP contribution in [0.1, 0.15) is 33.6 Å². The molecule has 0 radical (unpaired) electrons. The number of hydrogen-bond acceptors (Lipinski definition) is 8. The van der Waals surface area contributed by atoms with Crippen molar-refractivity contribution in [3.8, 4) is 0 Å². The molecule has 8 nitrogen and oxygen atoms in total. The van der Waals surface area contributed by atoms with Gasteiger partial charge in [-0.3, -0.25) is 9.59 Å². The molecule has 1 aliphatic carbocycles. The summed E-state index contributed by atoms with van der Waals surface area (Å²) in [6.45, 7) is 5.19. The lowest BCUT2D eigenvalue weighted by molar-refractivity contribution is -0.224. The Morgan fingerprint density at radius 2 is 1.78 bits per heavy atom. The van der Waals surface area contributed by atoms with Crippen LogP contribution >= 0.6 is 0 Å². The van der Waals surface area contributed by atoms with E-state index in [9.17, 15) is 24.6 Å². The minimum atomic E-state index is -1.78. The van der Waals surface area contributed by atoms with Gasteiger partial charge in [-0.05, 0) is 5.41 Å². The second kappa shape index (κ2) is 3.70. The topological polar surface area (TPSA) is 119 Å². The Morgan fingerprint density at radius 1 is 1.13 bits per heavy atom. The van der Waals surface area contributed by atoms with Crippen molar-refractivity contribution < 1.29 is 38.8 Å². The summed E-state index contributed by atoms with van der Waals surface area (Å²) in [7, 11) is 0. The van der Waals surface area contributed by atoms with Crippen LogP contribution in [0.2, 0.25) is 0 Å². The van der Waals surface area contributed by atoms with E-state index in [0.29, 0.717) is 0 Å². The summed E-state index contributed by atoms with van der Waals surface area (Å²) >= 11 is 0. The highest BCUT2D eigenvalue weighted by molar-refractivity contribution is 5.94. The zero-order chi connectivity index (χ0) is 17.0. The van der Waals surface area contributed by atoms with Gasteiger partial charge in [0.25, 0.3) is 6.29 Å². The molecule has 4 rings (SSSR count). The van der Waals surface area contributed by atoms with Gasteiger partial charge in [0.2, 0.25) is 0 Å². The molecule has 1 saturated carbocycles. The summed E-state index contributed by atoms with van der Waals surface area (Å²) in [6, 6.07) is 0. The summed E-state index contributed by atoms with van der Waals surface area (Å²) < 4.78 is 15.5. The first-order valence-electron chi connectivity index (χ1n) is 7.54. The number of hydrogen-bond donors (Lipinski definition) is 2. The molecule has 3 heterocycles. The van der Waals surface area contributed by atoms with Crippen LogP contribution in [0.25, 0.3) is 0 Å². The maximum absolute atomic E-state index is 12.6. The molecule has 2 spiro atoms. The van der Waals surface area contributed by atoms with Gasteiger partial charge in [-0.2, -0.15) is 0 Å². The van der Waals surface area contributed by atoms with Crippen LogP contribution in [0.4, 0.5) is 0 Å². The van der Waals surface area contributed by atoms with E-state index in [1.165, 1.54) is 0 Å². The van der Waals surface area contributed by atoms with Gasteiger partial charge in [0.1, 0.15) is 16.9 Å². The average molecular weight is 326 g/mol. The monoisotopic (exact) mass is 326 g/mol. The molecule has 23 heavy (non-hydrogen) atoms. The molecule has 0 aromatic heterocycles. The standard InChI is InChI=1S/C15H18O8/c1-12(2,3)14(20)4-6-13(5-7(16)21-6)10(19)23-11-15(13,14)8(17)9(18)22-11/h6,8,11,17,20H,4-5H2,1-3H3/t6-,8?,11+,13-,14?,15?/m0/s1. The van der Waals surface area contributed by atoms with E-state index in [1.807, 2.05) is 0 Å². The Labute approximate surface area is 131 Å². The van der Waals surface area contributed by atoms with Crippen LogP contribution in [0, 0.1) is 16.2 Å². The molecule has 3 saturated heterocycles. The number of carbonyl (C=O) groups excluding carboxylic acids is 3. The summed E-state index contributed by atoms with van der Waals surface area (Å²) in [5.41, 5.74) is -5.91. The van der Waals surface area contributed by atoms with Gasteiger partial charge in [-0.25, -0.2) is 4.79 Å². The lowest BCUT2D eigenvalue weighted by Gasteiger charge is -2.49. The lowest BCUT2D eigenvalue weighted by atomic mass is 9.52. The van der Waals surface area contributed by atoms with Crippen molar-refractivity contribution in [3.05, 3.63) is 0 Å². The van der Waals surface area contributed by atoms with Crippen LogP contribution in [0.3, 0.4) is 0 Å². The Balaban J connectivity index is 2.05. The Bertz CT molecular complexity index is 650. The molecule has 0 aromatic carbocycles. The zero-order valence-corrected chi connectivity index (χ0v) is 13.0. The number of aliphatic hydroxyl groups excluding tert-OH is 1. The summed E-state index contributed by atoms with van der Waals surface area (Å²) in [4.78, 5) is 36.5. The molecule has 0 aromatic rings. The average Bonchev–Trinajstić information content (AvgIpc) is 3.00. The fourth-order valence-electron chi connectivity index (χ4n) is 5.15. The SMILES string of the molecule is CC(C)(C)C1(O)C[C@@H]2OC(=O)C[C@@]23C(=O)O[C@H]2OC(=O)C(O)C213. The van der Waals surface area contributed by atoms with Crippen LogP contribution in [-0.2, 0) is 28.6 Å². The molecular weight excluding hydrogens is 308 g/mol. The Hall–Kier alpha value is -1.67. The normalized spacial score (nSPS) is 51.0. The van der Waals surface area contributed by atoms with Gasteiger partial charge >= 0.3 is 17.9 Å². The van der Waals surface area contributed by atoms with Gasteiger partial charge in [0, 0.05) is 6.42 Å². The molecule has 4 fully saturated rings. The Morgan fingerprint density at radius 3 is 2.39 bits per heavy atom. The van der Waals surface area contributed by atoms with Crippen LogP contribution in [-0.4, -0.2) is 52.2 Å². The van der Waals surface area contributed by atoms with Gasteiger partial charge in [-0.1, -0.05) is 20.8 Å². The number of ether oxygens (including phenoxy) is 3. The van der Waals surface area contributed by atoms with Crippen molar-refractivity contribution in [1.29, 1.82) is 0 Å². The minimum absolute atomic E-state index is 0.0679. The second-order valence-corrected chi connectivity index (χ2v) is 7.89.